The van der Waals surface area contributed by atoms with E-state index in [-0.39, 0.29) is 11.5 Å². The number of hydrogen-bond acceptors (Lipinski definition) is 3. The zero-order chi connectivity index (χ0) is 21.2. The zero-order valence-corrected chi connectivity index (χ0v) is 17.0. The first kappa shape index (κ1) is 17.8. The average Bonchev–Trinajstić information content (AvgIpc) is 2.78. The Bertz CT molecular complexity index is 1390. The summed E-state index contributed by atoms with van der Waals surface area (Å²) < 4.78 is 6.43. The summed E-state index contributed by atoms with van der Waals surface area (Å²) in [5.41, 5.74) is 2.57. The van der Waals surface area contributed by atoms with Gasteiger partial charge in [0.1, 0.15) is 23.0 Å². The molecule has 31 heavy (non-hydrogen) atoms. The molecule has 0 fully saturated rings. The smallest absolute Gasteiger partial charge is 0.132 e. The van der Waals surface area contributed by atoms with E-state index in [2.05, 4.69) is 19.1 Å². The van der Waals surface area contributed by atoms with Crippen LogP contribution in [0.15, 0.2) is 91.0 Å². The van der Waals surface area contributed by atoms with Crippen molar-refractivity contribution in [1.82, 2.24) is 0 Å². The fourth-order valence-electron chi connectivity index (χ4n) is 5.08. The number of ether oxygens (including phenoxy) is 1. The van der Waals surface area contributed by atoms with Gasteiger partial charge in [-0.05, 0) is 70.4 Å². The molecular weight excluding hydrogens is 384 g/mol. The average molecular weight is 404 g/mol. The number of benzene rings is 5. The van der Waals surface area contributed by atoms with E-state index in [0.29, 0.717) is 0 Å². The van der Waals surface area contributed by atoms with E-state index in [4.69, 9.17) is 4.74 Å². The van der Waals surface area contributed by atoms with Crippen LogP contribution in [0.2, 0.25) is 0 Å². The van der Waals surface area contributed by atoms with Crippen LogP contribution in [-0.4, -0.2) is 10.2 Å². The molecule has 0 spiro atoms. The highest BCUT2D eigenvalue weighted by Crippen LogP contribution is 2.56. The fraction of sp³-hybridized carbons (Fsp3) is 0.0714. The van der Waals surface area contributed by atoms with Crippen LogP contribution < -0.4 is 4.74 Å². The number of aromatic hydroxyl groups is 2. The predicted octanol–water partition coefficient (Wildman–Crippen LogP) is 6.86. The molecule has 6 rings (SSSR count). The molecular formula is C28H20O3. The van der Waals surface area contributed by atoms with E-state index in [1.807, 2.05) is 66.7 Å². The highest BCUT2D eigenvalue weighted by molar-refractivity contribution is 5.97. The Kier molecular flexibility index (Phi) is 3.60. The Balaban J connectivity index is 1.83. The molecule has 0 saturated carbocycles. The lowest BCUT2D eigenvalue weighted by atomic mass is 9.66. The van der Waals surface area contributed by atoms with Crippen LogP contribution in [0.3, 0.4) is 0 Å². The highest BCUT2D eigenvalue weighted by atomic mass is 16.5. The van der Waals surface area contributed by atoms with Crippen molar-refractivity contribution in [3.05, 3.63) is 108 Å². The lowest BCUT2D eigenvalue weighted by molar-refractivity contribution is 0.431. The van der Waals surface area contributed by atoms with Crippen LogP contribution in [-0.2, 0) is 5.41 Å². The molecule has 0 bridgehead atoms. The van der Waals surface area contributed by atoms with Crippen molar-refractivity contribution >= 4 is 21.5 Å². The zero-order valence-electron chi connectivity index (χ0n) is 17.0. The molecule has 3 nitrogen and oxygen atoms in total. The summed E-state index contributed by atoms with van der Waals surface area (Å²) in [7, 11) is 0. The summed E-state index contributed by atoms with van der Waals surface area (Å²) in [6.07, 6.45) is 0. The Hall–Kier alpha value is -3.98. The van der Waals surface area contributed by atoms with Crippen LogP contribution in [0.25, 0.3) is 21.5 Å². The lowest BCUT2D eigenvalue weighted by Crippen LogP contribution is -2.30. The van der Waals surface area contributed by atoms with Gasteiger partial charge in [0.15, 0.2) is 0 Å². The minimum absolute atomic E-state index is 0.220. The van der Waals surface area contributed by atoms with Crippen molar-refractivity contribution in [2.24, 2.45) is 0 Å². The highest BCUT2D eigenvalue weighted by Gasteiger charge is 2.42. The minimum atomic E-state index is -0.565. The maximum atomic E-state index is 10.3. The van der Waals surface area contributed by atoms with Crippen molar-refractivity contribution in [3.8, 4) is 23.0 Å². The topological polar surface area (TPSA) is 49.7 Å². The van der Waals surface area contributed by atoms with Crippen molar-refractivity contribution < 1.29 is 14.9 Å². The molecule has 0 atom stereocenters. The van der Waals surface area contributed by atoms with Gasteiger partial charge in [-0.15, -0.1) is 0 Å². The van der Waals surface area contributed by atoms with Gasteiger partial charge in [-0.25, -0.2) is 0 Å². The summed E-state index contributed by atoms with van der Waals surface area (Å²) in [4.78, 5) is 0. The van der Waals surface area contributed by atoms with Gasteiger partial charge in [0.05, 0.1) is 5.41 Å². The number of phenolic OH excluding ortho intramolecular Hbond substituents is 2. The van der Waals surface area contributed by atoms with E-state index < -0.39 is 5.41 Å². The third-order valence-corrected chi connectivity index (χ3v) is 6.50. The Morgan fingerprint density at radius 2 is 1.10 bits per heavy atom. The number of phenols is 2. The van der Waals surface area contributed by atoms with Crippen LogP contribution in [0.1, 0.15) is 23.6 Å². The number of rotatable bonds is 1. The Morgan fingerprint density at radius 1 is 0.613 bits per heavy atom. The summed E-state index contributed by atoms with van der Waals surface area (Å²) in [5, 5.41) is 24.6. The first-order chi connectivity index (χ1) is 15.1. The number of hydrogen-bond donors (Lipinski definition) is 2. The Labute approximate surface area is 179 Å². The van der Waals surface area contributed by atoms with E-state index in [9.17, 15) is 10.2 Å². The van der Waals surface area contributed by atoms with Crippen LogP contribution >= 0.6 is 0 Å². The van der Waals surface area contributed by atoms with Crippen LogP contribution in [0, 0.1) is 0 Å². The van der Waals surface area contributed by atoms with Gasteiger partial charge in [-0.1, -0.05) is 54.6 Å². The molecule has 150 valence electrons. The van der Waals surface area contributed by atoms with Gasteiger partial charge < -0.3 is 14.9 Å². The molecule has 5 aromatic carbocycles. The SMILES string of the molecule is CC1(c2ccccc2)c2c(ccc3ccc(O)cc23)Oc2ccc3ccc(O)cc3c21. The van der Waals surface area contributed by atoms with Crippen molar-refractivity contribution in [2.45, 2.75) is 12.3 Å². The van der Waals surface area contributed by atoms with Gasteiger partial charge in [-0.3, -0.25) is 0 Å². The molecule has 0 aromatic heterocycles. The quantitative estimate of drug-likeness (QED) is 0.321. The summed E-state index contributed by atoms with van der Waals surface area (Å²) in [6.45, 7) is 2.20. The van der Waals surface area contributed by atoms with Gasteiger partial charge >= 0.3 is 0 Å². The second kappa shape index (κ2) is 6.26. The van der Waals surface area contributed by atoms with E-state index in [1.165, 1.54) is 0 Å². The van der Waals surface area contributed by atoms with Crippen molar-refractivity contribution in [1.29, 1.82) is 0 Å². The first-order valence-corrected chi connectivity index (χ1v) is 10.3. The Morgan fingerprint density at radius 3 is 1.61 bits per heavy atom. The molecule has 5 aromatic rings. The first-order valence-electron chi connectivity index (χ1n) is 10.3. The minimum Gasteiger partial charge on any atom is -0.508 e. The third kappa shape index (κ3) is 2.47. The molecule has 0 unspecified atom stereocenters. The maximum Gasteiger partial charge on any atom is 0.132 e. The molecule has 0 aliphatic carbocycles. The second-order valence-corrected chi connectivity index (χ2v) is 8.28. The summed E-state index contributed by atoms with van der Waals surface area (Å²) in [5.74, 6) is 1.99. The molecule has 0 amide bonds. The van der Waals surface area contributed by atoms with Crippen molar-refractivity contribution in [3.63, 3.8) is 0 Å². The molecule has 3 heteroatoms. The van der Waals surface area contributed by atoms with Crippen LogP contribution in [0.5, 0.6) is 23.0 Å². The lowest BCUT2D eigenvalue weighted by Gasteiger charge is -2.39. The van der Waals surface area contributed by atoms with Gasteiger partial charge in [-0.2, -0.15) is 0 Å². The molecule has 1 heterocycles. The largest absolute Gasteiger partial charge is 0.508 e. The fourth-order valence-corrected chi connectivity index (χ4v) is 5.08. The van der Waals surface area contributed by atoms with E-state index in [0.717, 1.165) is 49.7 Å². The van der Waals surface area contributed by atoms with E-state index in [1.54, 1.807) is 12.1 Å². The predicted molar refractivity (Wildman–Crippen MR) is 123 cm³/mol. The third-order valence-electron chi connectivity index (χ3n) is 6.50. The molecule has 2 N–H and O–H groups in total. The van der Waals surface area contributed by atoms with Gasteiger partial charge in [0.2, 0.25) is 0 Å². The normalized spacial score (nSPS) is 14.1. The van der Waals surface area contributed by atoms with Gasteiger partial charge in [0, 0.05) is 11.1 Å². The maximum absolute atomic E-state index is 10.3. The number of fused-ring (bicyclic) bond motifs is 6. The van der Waals surface area contributed by atoms with Crippen molar-refractivity contribution in [2.75, 3.05) is 0 Å². The molecule has 1 aliphatic rings. The summed E-state index contributed by atoms with van der Waals surface area (Å²) >= 11 is 0. The van der Waals surface area contributed by atoms with Crippen LogP contribution in [0.4, 0.5) is 0 Å². The van der Waals surface area contributed by atoms with Gasteiger partial charge in [0.25, 0.3) is 0 Å². The van der Waals surface area contributed by atoms with E-state index >= 15 is 0 Å². The second-order valence-electron chi connectivity index (χ2n) is 8.28. The standard InChI is InChI=1S/C28H20O3/c1-28(19-5-3-2-4-6-19)26-22-15-20(29)11-7-17(22)9-13-24(26)31-25-14-10-18-8-12-21(30)16-23(18)27(25)28/h2-16,29-30H,1H3. The molecule has 0 radical (unpaired) electrons. The molecule has 0 saturated heterocycles. The monoisotopic (exact) mass is 404 g/mol. The molecule has 1 aliphatic heterocycles. The summed E-state index contributed by atoms with van der Waals surface area (Å²) in [6, 6.07) is 29.3.